The monoisotopic (exact) mass is 406 g/mol. The minimum absolute atomic E-state index is 0.0213. The second kappa shape index (κ2) is 9.07. The maximum Gasteiger partial charge on any atom is 0.237 e. The Labute approximate surface area is 170 Å². The van der Waals surface area contributed by atoms with Gasteiger partial charge in [-0.15, -0.1) is 0 Å². The van der Waals surface area contributed by atoms with E-state index in [2.05, 4.69) is 23.2 Å². The molecule has 2 unspecified atom stereocenters. The molecule has 2 atom stereocenters. The molecule has 6 heteroatoms. The number of hydrogen-bond donors (Lipinski definition) is 1. The molecule has 4 nitrogen and oxygen atoms in total. The minimum Gasteiger partial charge on any atom is -0.371 e. The topological polar surface area (TPSA) is 41.6 Å². The van der Waals surface area contributed by atoms with Crippen molar-refractivity contribution in [2.75, 3.05) is 19.7 Å². The van der Waals surface area contributed by atoms with E-state index in [-0.39, 0.29) is 18.1 Å². The fraction of sp³-hybridized carbons (Fsp3) is 0.381. The Kier molecular flexibility index (Phi) is 6.77. The number of amides is 1. The minimum atomic E-state index is -0.233. The standard InChI is InChI=1S/C21H24Cl2N2O2/c1-14-5-3-4-6-17(14)12-24-21(26)15(2)25-9-10-27-20(13-25)16-7-8-18(22)19(23)11-16/h3-8,11,15,20H,9-10,12-13H2,1-2H3,(H,24,26). The van der Waals surface area contributed by atoms with Crippen LogP contribution in [-0.4, -0.2) is 36.5 Å². The number of morpholine rings is 1. The van der Waals surface area contributed by atoms with Crippen molar-refractivity contribution >= 4 is 29.1 Å². The Morgan fingerprint density at radius 1 is 1.26 bits per heavy atom. The van der Waals surface area contributed by atoms with Crippen molar-refractivity contribution in [2.24, 2.45) is 0 Å². The smallest absolute Gasteiger partial charge is 0.237 e. The third-order valence-corrected chi connectivity index (χ3v) is 5.79. The highest BCUT2D eigenvalue weighted by atomic mass is 35.5. The zero-order valence-electron chi connectivity index (χ0n) is 15.5. The molecule has 144 valence electrons. The molecule has 3 rings (SSSR count). The molecule has 2 aromatic carbocycles. The quantitative estimate of drug-likeness (QED) is 0.800. The van der Waals surface area contributed by atoms with E-state index in [9.17, 15) is 4.79 Å². The SMILES string of the molecule is Cc1ccccc1CNC(=O)C(C)N1CCOC(c2ccc(Cl)c(Cl)c2)C1. The Morgan fingerprint density at radius 2 is 2.04 bits per heavy atom. The molecule has 1 fully saturated rings. The molecule has 1 N–H and O–H groups in total. The second-order valence-electron chi connectivity index (χ2n) is 6.85. The summed E-state index contributed by atoms with van der Waals surface area (Å²) >= 11 is 12.1. The molecule has 0 aliphatic carbocycles. The lowest BCUT2D eigenvalue weighted by molar-refractivity contribution is -0.129. The Morgan fingerprint density at radius 3 is 2.78 bits per heavy atom. The molecule has 0 bridgehead atoms. The van der Waals surface area contributed by atoms with Gasteiger partial charge in [0.15, 0.2) is 0 Å². The molecule has 2 aromatic rings. The van der Waals surface area contributed by atoms with Crippen molar-refractivity contribution in [3.63, 3.8) is 0 Å². The van der Waals surface area contributed by atoms with Crippen LogP contribution >= 0.6 is 23.2 Å². The van der Waals surface area contributed by atoms with Crippen LogP contribution in [0.15, 0.2) is 42.5 Å². The fourth-order valence-electron chi connectivity index (χ4n) is 3.24. The summed E-state index contributed by atoms with van der Waals surface area (Å²) in [4.78, 5) is 14.8. The van der Waals surface area contributed by atoms with Crippen molar-refractivity contribution in [3.05, 3.63) is 69.2 Å². The number of benzene rings is 2. The first-order chi connectivity index (χ1) is 13.0. The molecule has 1 amide bonds. The van der Waals surface area contributed by atoms with E-state index in [0.29, 0.717) is 29.7 Å². The number of nitrogens with one attached hydrogen (secondary N) is 1. The van der Waals surface area contributed by atoms with Crippen molar-refractivity contribution < 1.29 is 9.53 Å². The molecule has 1 saturated heterocycles. The lowest BCUT2D eigenvalue weighted by atomic mass is 10.1. The van der Waals surface area contributed by atoms with Gasteiger partial charge in [-0.25, -0.2) is 0 Å². The molecule has 0 radical (unpaired) electrons. The van der Waals surface area contributed by atoms with Crippen LogP contribution in [0.2, 0.25) is 10.0 Å². The van der Waals surface area contributed by atoms with Gasteiger partial charge in [0.1, 0.15) is 0 Å². The predicted molar refractivity (Wildman–Crippen MR) is 109 cm³/mol. The summed E-state index contributed by atoms with van der Waals surface area (Å²) in [6, 6.07) is 13.4. The van der Waals surface area contributed by atoms with Gasteiger partial charge in [0.05, 0.1) is 28.8 Å². The number of ether oxygens (including phenoxy) is 1. The Hall–Kier alpha value is -1.59. The van der Waals surface area contributed by atoms with Gasteiger partial charge in [0.25, 0.3) is 0 Å². The van der Waals surface area contributed by atoms with Crippen molar-refractivity contribution in [2.45, 2.75) is 32.5 Å². The Balaban J connectivity index is 1.60. The summed E-state index contributed by atoms with van der Waals surface area (Å²) in [7, 11) is 0. The van der Waals surface area contributed by atoms with E-state index in [1.807, 2.05) is 37.3 Å². The molecular weight excluding hydrogens is 383 g/mol. The van der Waals surface area contributed by atoms with E-state index >= 15 is 0 Å². The molecule has 27 heavy (non-hydrogen) atoms. The molecular formula is C21H24Cl2N2O2. The summed E-state index contributed by atoms with van der Waals surface area (Å²) in [5.41, 5.74) is 3.28. The summed E-state index contributed by atoms with van der Waals surface area (Å²) in [6.07, 6.45) is -0.125. The first kappa shape index (κ1) is 20.2. The number of rotatable bonds is 5. The molecule has 1 aliphatic rings. The molecule has 0 saturated carbocycles. The van der Waals surface area contributed by atoms with Gasteiger partial charge in [-0.05, 0) is 42.7 Å². The van der Waals surface area contributed by atoms with E-state index in [0.717, 1.165) is 17.7 Å². The van der Waals surface area contributed by atoms with E-state index in [1.54, 1.807) is 6.07 Å². The van der Waals surface area contributed by atoms with Crippen LogP contribution in [0.1, 0.15) is 29.7 Å². The fourth-order valence-corrected chi connectivity index (χ4v) is 3.55. The lowest BCUT2D eigenvalue weighted by Crippen LogP contribution is -2.50. The number of nitrogens with zero attached hydrogens (tertiary/aromatic N) is 1. The largest absolute Gasteiger partial charge is 0.371 e. The van der Waals surface area contributed by atoms with Crippen LogP contribution in [0.3, 0.4) is 0 Å². The zero-order chi connectivity index (χ0) is 19.4. The number of hydrogen-bond acceptors (Lipinski definition) is 3. The van der Waals surface area contributed by atoms with Crippen LogP contribution in [0.4, 0.5) is 0 Å². The van der Waals surface area contributed by atoms with Gasteiger partial charge in [-0.1, -0.05) is 53.5 Å². The number of carbonyl (C=O) groups excluding carboxylic acids is 1. The van der Waals surface area contributed by atoms with Gasteiger partial charge in [0, 0.05) is 19.6 Å². The highest BCUT2D eigenvalue weighted by molar-refractivity contribution is 6.42. The molecule has 0 spiro atoms. The summed E-state index contributed by atoms with van der Waals surface area (Å²) in [5.74, 6) is 0.0213. The zero-order valence-corrected chi connectivity index (χ0v) is 17.1. The van der Waals surface area contributed by atoms with Crippen LogP contribution in [-0.2, 0) is 16.1 Å². The molecule has 1 heterocycles. The first-order valence-electron chi connectivity index (χ1n) is 9.08. The van der Waals surface area contributed by atoms with E-state index in [4.69, 9.17) is 27.9 Å². The average Bonchev–Trinajstić information content (AvgIpc) is 2.68. The normalized spacial score (nSPS) is 18.9. The maximum atomic E-state index is 12.6. The number of halogens is 2. The summed E-state index contributed by atoms with van der Waals surface area (Å²) in [6.45, 7) is 6.45. The highest BCUT2D eigenvalue weighted by Crippen LogP contribution is 2.29. The molecule has 0 aromatic heterocycles. The Bertz CT molecular complexity index is 813. The van der Waals surface area contributed by atoms with E-state index < -0.39 is 0 Å². The van der Waals surface area contributed by atoms with Crippen LogP contribution in [0.25, 0.3) is 0 Å². The van der Waals surface area contributed by atoms with Crippen LogP contribution < -0.4 is 5.32 Å². The number of aryl methyl sites for hydroxylation is 1. The van der Waals surface area contributed by atoms with Crippen LogP contribution in [0.5, 0.6) is 0 Å². The molecule has 1 aliphatic heterocycles. The highest BCUT2D eigenvalue weighted by Gasteiger charge is 2.29. The average molecular weight is 407 g/mol. The maximum absolute atomic E-state index is 12.6. The van der Waals surface area contributed by atoms with Crippen molar-refractivity contribution in [1.29, 1.82) is 0 Å². The van der Waals surface area contributed by atoms with Gasteiger partial charge in [-0.3, -0.25) is 9.69 Å². The summed E-state index contributed by atoms with van der Waals surface area (Å²) < 4.78 is 5.89. The second-order valence-corrected chi connectivity index (χ2v) is 7.66. The van der Waals surface area contributed by atoms with E-state index in [1.165, 1.54) is 5.56 Å². The predicted octanol–water partition coefficient (Wildman–Crippen LogP) is 4.38. The van der Waals surface area contributed by atoms with Gasteiger partial charge >= 0.3 is 0 Å². The third-order valence-electron chi connectivity index (χ3n) is 5.05. The lowest BCUT2D eigenvalue weighted by Gasteiger charge is -2.36. The third kappa shape index (κ3) is 5.02. The number of carbonyl (C=O) groups is 1. The first-order valence-corrected chi connectivity index (χ1v) is 9.84. The van der Waals surface area contributed by atoms with Crippen molar-refractivity contribution in [1.82, 2.24) is 10.2 Å². The summed E-state index contributed by atoms with van der Waals surface area (Å²) in [5, 5.41) is 4.09. The van der Waals surface area contributed by atoms with Crippen LogP contribution in [0, 0.1) is 6.92 Å². The van der Waals surface area contributed by atoms with Gasteiger partial charge in [0.2, 0.25) is 5.91 Å². The van der Waals surface area contributed by atoms with Gasteiger partial charge in [-0.2, -0.15) is 0 Å². The van der Waals surface area contributed by atoms with Gasteiger partial charge < -0.3 is 10.1 Å². The van der Waals surface area contributed by atoms with Crippen molar-refractivity contribution in [3.8, 4) is 0 Å².